The lowest BCUT2D eigenvalue weighted by Gasteiger charge is -2.00. The van der Waals surface area contributed by atoms with Crippen molar-refractivity contribution in [3.8, 4) is 0 Å². The van der Waals surface area contributed by atoms with Crippen LogP contribution < -0.4 is 5.32 Å². The van der Waals surface area contributed by atoms with Gasteiger partial charge in [0.1, 0.15) is 0 Å². The number of anilines is 1. The highest BCUT2D eigenvalue weighted by molar-refractivity contribution is 7.18. The number of benzene rings is 2. The molecule has 0 aliphatic heterocycles. The Morgan fingerprint density at radius 1 is 1.14 bits per heavy atom. The summed E-state index contributed by atoms with van der Waals surface area (Å²) in [4.78, 5) is 39.6. The highest BCUT2D eigenvalue weighted by Gasteiger charge is 2.15. The predicted octanol–water partition coefficient (Wildman–Crippen LogP) is 4.51. The summed E-state index contributed by atoms with van der Waals surface area (Å²) in [5.41, 5.74) is 1.49. The molecule has 0 radical (unpaired) electrons. The molecule has 1 amide bonds. The minimum Gasteiger partial charge on any atom is -0.298 e. The fourth-order valence-electron chi connectivity index (χ4n) is 2.43. The highest BCUT2D eigenvalue weighted by Crippen LogP contribution is 2.24. The minimum absolute atomic E-state index is 0.0468. The Hall–Kier alpha value is -3.65. The van der Waals surface area contributed by atoms with Gasteiger partial charge in [0, 0.05) is 17.7 Å². The van der Waals surface area contributed by atoms with Crippen LogP contribution in [0.1, 0.15) is 31.3 Å². The molecular formula is C20H15N3O4S. The average Bonchev–Trinajstić information content (AvgIpc) is 3.07. The van der Waals surface area contributed by atoms with Crippen molar-refractivity contribution in [3.05, 3.63) is 92.5 Å². The van der Waals surface area contributed by atoms with Gasteiger partial charge in [0.2, 0.25) is 0 Å². The molecule has 1 N–H and O–H groups in total. The summed E-state index contributed by atoms with van der Waals surface area (Å²) in [6.45, 7) is 1.68. The molecule has 0 spiro atoms. The maximum Gasteiger partial charge on any atom is 0.270 e. The highest BCUT2D eigenvalue weighted by atomic mass is 32.1. The quantitative estimate of drug-likeness (QED) is 0.287. The number of hydrogen-bond acceptors (Lipinski definition) is 6. The molecule has 3 aromatic rings. The molecule has 8 heteroatoms. The first kappa shape index (κ1) is 19.1. The maximum atomic E-state index is 12.5. The van der Waals surface area contributed by atoms with Gasteiger partial charge in [-0.2, -0.15) is 0 Å². The first-order valence-corrected chi connectivity index (χ1v) is 9.06. The summed E-state index contributed by atoms with van der Waals surface area (Å²) in [5.74, 6) is -0.595. The predicted molar refractivity (Wildman–Crippen MR) is 108 cm³/mol. The number of nitro groups is 1. The zero-order valence-electron chi connectivity index (χ0n) is 14.8. The first-order chi connectivity index (χ1) is 13.4. The molecule has 2 aromatic carbocycles. The number of allylic oxidation sites excluding steroid dienone is 1. The van der Waals surface area contributed by atoms with Crippen LogP contribution in [0, 0.1) is 17.0 Å². The molecule has 0 fully saturated rings. The second kappa shape index (κ2) is 8.36. The van der Waals surface area contributed by atoms with Gasteiger partial charge < -0.3 is 0 Å². The molecule has 0 saturated heterocycles. The van der Waals surface area contributed by atoms with Crippen molar-refractivity contribution in [1.29, 1.82) is 0 Å². The molecule has 0 aliphatic rings. The van der Waals surface area contributed by atoms with Crippen LogP contribution in [0.4, 0.5) is 10.8 Å². The third-order valence-corrected chi connectivity index (χ3v) is 4.87. The fourth-order valence-corrected chi connectivity index (χ4v) is 3.31. The van der Waals surface area contributed by atoms with Gasteiger partial charge in [-0.15, -0.1) is 0 Å². The van der Waals surface area contributed by atoms with Crippen LogP contribution in [0.5, 0.6) is 0 Å². The van der Waals surface area contributed by atoms with Gasteiger partial charge in [-0.25, -0.2) is 4.98 Å². The monoisotopic (exact) mass is 393 g/mol. The van der Waals surface area contributed by atoms with Crippen molar-refractivity contribution in [2.24, 2.45) is 0 Å². The first-order valence-electron chi connectivity index (χ1n) is 8.25. The summed E-state index contributed by atoms with van der Waals surface area (Å²) in [6, 6.07) is 14.7. The largest absolute Gasteiger partial charge is 0.298 e. The molecule has 1 aromatic heterocycles. The van der Waals surface area contributed by atoms with Crippen molar-refractivity contribution in [1.82, 2.24) is 4.98 Å². The maximum absolute atomic E-state index is 12.5. The number of aryl methyl sites for hydroxylation is 1. The number of non-ortho nitro benzene ring substituents is 1. The number of amides is 1. The van der Waals surface area contributed by atoms with E-state index in [4.69, 9.17) is 0 Å². The summed E-state index contributed by atoms with van der Waals surface area (Å²) >= 11 is 1.08. The number of aromatic nitrogens is 1. The summed E-state index contributed by atoms with van der Waals surface area (Å²) in [6.07, 6.45) is 2.85. The van der Waals surface area contributed by atoms with Gasteiger partial charge in [0.25, 0.3) is 11.6 Å². The second-order valence-electron chi connectivity index (χ2n) is 5.80. The third kappa shape index (κ3) is 4.54. The number of hydrogen-bond donors (Lipinski definition) is 1. The SMILES string of the molecule is Cc1nc(NC(=O)c2ccccc2)sc1C(=O)/C=C/c1cccc([N+](=O)[O-])c1. The molecule has 0 saturated carbocycles. The number of nitrogens with zero attached hydrogens (tertiary/aromatic N) is 2. The van der Waals surface area contributed by atoms with E-state index >= 15 is 0 Å². The average molecular weight is 393 g/mol. The Morgan fingerprint density at radius 2 is 1.89 bits per heavy atom. The molecule has 0 atom stereocenters. The number of thiazole rings is 1. The Labute approximate surface area is 164 Å². The van der Waals surface area contributed by atoms with Gasteiger partial charge in [-0.3, -0.25) is 25.0 Å². The molecule has 0 unspecified atom stereocenters. The molecule has 28 heavy (non-hydrogen) atoms. The zero-order valence-corrected chi connectivity index (χ0v) is 15.6. The van der Waals surface area contributed by atoms with E-state index in [1.807, 2.05) is 6.07 Å². The second-order valence-corrected chi connectivity index (χ2v) is 6.80. The Kier molecular flexibility index (Phi) is 5.71. The molecule has 0 aliphatic carbocycles. The van der Waals surface area contributed by atoms with Crippen LogP contribution >= 0.6 is 11.3 Å². The lowest BCUT2D eigenvalue weighted by Crippen LogP contribution is -2.11. The number of carbonyl (C=O) groups is 2. The molecule has 3 rings (SSSR count). The Morgan fingerprint density at radius 3 is 2.61 bits per heavy atom. The van der Waals surface area contributed by atoms with E-state index in [9.17, 15) is 19.7 Å². The van der Waals surface area contributed by atoms with Crippen LogP contribution in [0.3, 0.4) is 0 Å². The Balaban J connectivity index is 1.73. The van der Waals surface area contributed by atoms with Crippen LogP contribution in [0.2, 0.25) is 0 Å². The summed E-state index contributed by atoms with van der Waals surface area (Å²) < 4.78 is 0. The van der Waals surface area contributed by atoms with Crippen LogP contribution in [0.25, 0.3) is 6.08 Å². The van der Waals surface area contributed by atoms with Crippen molar-refractivity contribution < 1.29 is 14.5 Å². The van der Waals surface area contributed by atoms with E-state index in [0.29, 0.717) is 26.8 Å². The zero-order chi connectivity index (χ0) is 20.1. The van der Waals surface area contributed by atoms with Crippen molar-refractivity contribution >= 4 is 39.9 Å². The topological polar surface area (TPSA) is 102 Å². The van der Waals surface area contributed by atoms with E-state index in [2.05, 4.69) is 10.3 Å². The van der Waals surface area contributed by atoms with Crippen molar-refractivity contribution in [2.75, 3.05) is 5.32 Å². The number of rotatable bonds is 6. The van der Waals surface area contributed by atoms with E-state index in [1.54, 1.807) is 43.3 Å². The fraction of sp³-hybridized carbons (Fsp3) is 0.0500. The van der Waals surface area contributed by atoms with Crippen molar-refractivity contribution in [3.63, 3.8) is 0 Å². The van der Waals surface area contributed by atoms with Gasteiger partial charge in [0.15, 0.2) is 10.9 Å². The lowest BCUT2D eigenvalue weighted by molar-refractivity contribution is -0.384. The number of ketones is 1. The third-order valence-electron chi connectivity index (χ3n) is 3.79. The number of carbonyl (C=O) groups excluding carboxylic acids is 2. The van der Waals surface area contributed by atoms with E-state index in [-0.39, 0.29) is 17.4 Å². The Bertz CT molecular complexity index is 1070. The van der Waals surface area contributed by atoms with Crippen molar-refractivity contribution in [2.45, 2.75) is 6.92 Å². The van der Waals surface area contributed by atoms with Gasteiger partial charge in [0.05, 0.1) is 15.5 Å². The van der Waals surface area contributed by atoms with Crippen LogP contribution in [-0.2, 0) is 0 Å². The van der Waals surface area contributed by atoms with Gasteiger partial charge in [-0.05, 0) is 30.7 Å². The number of nitrogens with one attached hydrogen (secondary N) is 1. The van der Waals surface area contributed by atoms with E-state index in [1.165, 1.54) is 24.3 Å². The molecular weight excluding hydrogens is 378 g/mol. The molecule has 1 heterocycles. The molecule has 0 bridgehead atoms. The van der Waals surface area contributed by atoms with Crippen LogP contribution in [-0.4, -0.2) is 21.6 Å². The lowest BCUT2D eigenvalue weighted by atomic mass is 10.1. The minimum atomic E-state index is -0.492. The smallest absolute Gasteiger partial charge is 0.270 e. The number of nitro benzene ring substituents is 1. The molecule has 7 nitrogen and oxygen atoms in total. The van der Waals surface area contributed by atoms with E-state index < -0.39 is 4.92 Å². The summed E-state index contributed by atoms with van der Waals surface area (Å²) in [7, 11) is 0. The van der Waals surface area contributed by atoms with Crippen LogP contribution in [0.15, 0.2) is 60.7 Å². The molecule has 140 valence electrons. The van der Waals surface area contributed by atoms with E-state index in [0.717, 1.165) is 11.3 Å². The standard InChI is InChI=1S/C20H15N3O4S/c1-13-18(17(24)11-10-14-6-5-9-16(12-14)23(26)27)28-20(21-13)22-19(25)15-7-3-2-4-8-15/h2-12H,1H3,(H,21,22,25)/b11-10+. The summed E-state index contributed by atoms with van der Waals surface area (Å²) in [5, 5.41) is 13.8. The normalized spacial score (nSPS) is 10.8. The van der Waals surface area contributed by atoms with Gasteiger partial charge in [-0.1, -0.05) is 47.7 Å². The van der Waals surface area contributed by atoms with Gasteiger partial charge >= 0.3 is 0 Å².